The zero-order valence-electron chi connectivity index (χ0n) is 11.9. The first-order valence-electron chi connectivity index (χ1n) is 6.89. The zero-order chi connectivity index (χ0) is 15.8. The average Bonchev–Trinajstić information content (AvgIpc) is 2.43. The zero-order valence-corrected chi connectivity index (χ0v) is 11.9. The summed E-state index contributed by atoms with van der Waals surface area (Å²) in [6.45, 7) is 0.309. The second kappa shape index (κ2) is 8.93. The Kier molecular flexibility index (Phi) is 7.58. The van der Waals surface area contributed by atoms with Gasteiger partial charge in [-0.2, -0.15) is 0 Å². The predicted molar refractivity (Wildman–Crippen MR) is 69.8 cm³/mol. The van der Waals surface area contributed by atoms with Crippen molar-refractivity contribution in [2.45, 2.75) is 56.7 Å². The first kappa shape index (κ1) is 17.8. The van der Waals surface area contributed by atoms with Crippen LogP contribution >= 0.6 is 0 Å². The molecule has 0 saturated carbocycles. The van der Waals surface area contributed by atoms with Crippen molar-refractivity contribution in [3.63, 3.8) is 0 Å². The van der Waals surface area contributed by atoms with Crippen LogP contribution in [0.4, 0.5) is 0 Å². The number of aliphatic hydroxyl groups is 1. The third kappa shape index (κ3) is 5.96. The highest BCUT2D eigenvalue weighted by Crippen LogP contribution is 2.21. The van der Waals surface area contributed by atoms with Gasteiger partial charge in [-0.1, -0.05) is 0 Å². The quantitative estimate of drug-likeness (QED) is 0.517. The van der Waals surface area contributed by atoms with E-state index in [2.05, 4.69) is 0 Å². The molecule has 0 aliphatic carbocycles. The highest BCUT2D eigenvalue weighted by Gasteiger charge is 2.36. The number of carboxylic acid groups (broad SMARTS) is 2. The molecule has 0 spiro atoms. The summed E-state index contributed by atoms with van der Waals surface area (Å²) in [4.78, 5) is 21.7. The lowest BCUT2D eigenvalue weighted by Crippen LogP contribution is -2.45. The van der Waals surface area contributed by atoms with Gasteiger partial charge in [0.1, 0.15) is 0 Å². The highest BCUT2D eigenvalue weighted by molar-refractivity contribution is 5.73. The van der Waals surface area contributed by atoms with Gasteiger partial charge in [0.25, 0.3) is 0 Å². The molecule has 4 atom stereocenters. The summed E-state index contributed by atoms with van der Waals surface area (Å²) in [5.74, 6) is -2.16. The number of aliphatic carboxylic acids is 2. The average molecular weight is 306 g/mol. The van der Waals surface area contributed by atoms with Gasteiger partial charge in [-0.25, -0.2) is 9.59 Å². The Labute approximate surface area is 122 Å². The second-order valence-electron chi connectivity index (χ2n) is 4.89. The molecule has 21 heavy (non-hydrogen) atoms. The molecule has 0 aromatic rings. The molecule has 0 aromatic heterocycles. The van der Waals surface area contributed by atoms with E-state index in [1.165, 1.54) is 7.11 Å². The summed E-state index contributed by atoms with van der Waals surface area (Å²) < 4.78 is 15.2. The van der Waals surface area contributed by atoms with Gasteiger partial charge < -0.3 is 29.5 Å². The number of carbonyl (C=O) groups is 2. The molecule has 8 heteroatoms. The first-order valence-corrected chi connectivity index (χ1v) is 6.89. The van der Waals surface area contributed by atoms with Crippen molar-refractivity contribution in [3.05, 3.63) is 0 Å². The topological polar surface area (TPSA) is 123 Å². The summed E-state index contributed by atoms with van der Waals surface area (Å²) in [5.41, 5.74) is 0. The van der Waals surface area contributed by atoms with E-state index >= 15 is 0 Å². The van der Waals surface area contributed by atoms with Crippen LogP contribution in [0.15, 0.2) is 0 Å². The van der Waals surface area contributed by atoms with Crippen molar-refractivity contribution in [2.24, 2.45) is 0 Å². The molecule has 1 unspecified atom stereocenters. The van der Waals surface area contributed by atoms with E-state index in [0.29, 0.717) is 38.7 Å². The van der Waals surface area contributed by atoms with Gasteiger partial charge in [0.15, 0.2) is 18.5 Å². The highest BCUT2D eigenvalue weighted by atomic mass is 16.6. The predicted octanol–water partition coefficient (Wildman–Crippen LogP) is 0.224. The lowest BCUT2D eigenvalue weighted by Gasteiger charge is -2.31. The van der Waals surface area contributed by atoms with Crippen LogP contribution < -0.4 is 0 Å². The number of methoxy groups -OCH3 is 1. The van der Waals surface area contributed by atoms with Gasteiger partial charge in [0.05, 0.1) is 6.10 Å². The number of aliphatic hydroxyl groups excluding tert-OH is 1. The van der Waals surface area contributed by atoms with Crippen LogP contribution in [0.25, 0.3) is 0 Å². The Morgan fingerprint density at radius 3 is 2.57 bits per heavy atom. The van der Waals surface area contributed by atoms with Gasteiger partial charge in [0.2, 0.25) is 0 Å². The molecular formula is C13H22O8. The van der Waals surface area contributed by atoms with Crippen LogP contribution in [-0.2, 0) is 23.8 Å². The smallest absolute Gasteiger partial charge is 0.335 e. The molecule has 8 nitrogen and oxygen atoms in total. The maximum atomic E-state index is 11.0. The fourth-order valence-electron chi connectivity index (χ4n) is 2.18. The van der Waals surface area contributed by atoms with Gasteiger partial charge in [-0.05, 0) is 25.7 Å². The molecule has 0 amide bonds. The van der Waals surface area contributed by atoms with Crippen LogP contribution in [0.5, 0.6) is 0 Å². The molecule has 0 aromatic carbocycles. The third-order valence-electron chi connectivity index (χ3n) is 3.34. The van der Waals surface area contributed by atoms with Crippen LogP contribution in [0.1, 0.15) is 32.1 Å². The number of rotatable bonds is 9. The molecule has 0 bridgehead atoms. The lowest BCUT2D eigenvalue weighted by molar-refractivity contribution is -0.219. The molecule has 1 saturated heterocycles. The summed E-state index contributed by atoms with van der Waals surface area (Å²) in [5, 5.41) is 27.1. The Morgan fingerprint density at radius 1 is 1.29 bits per heavy atom. The molecule has 1 fully saturated rings. The summed E-state index contributed by atoms with van der Waals surface area (Å²) in [6.07, 6.45) is -1.35. The Morgan fingerprint density at radius 2 is 2.00 bits per heavy atom. The SMILES string of the molecule is CO[C@@H](CCCCO[C@@H]1CCC(O)O[C@@H]1C(=O)O)C(=O)O. The molecule has 1 heterocycles. The molecular weight excluding hydrogens is 284 g/mol. The summed E-state index contributed by atoms with van der Waals surface area (Å²) >= 11 is 0. The summed E-state index contributed by atoms with van der Waals surface area (Å²) in [6, 6.07) is 0. The van der Waals surface area contributed by atoms with Crippen LogP contribution in [-0.4, -0.2) is 65.6 Å². The normalized spacial score (nSPS) is 27.2. The van der Waals surface area contributed by atoms with Gasteiger partial charge in [0, 0.05) is 20.1 Å². The van der Waals surface area contributed by atoms with E-state index in [1.54, 1.807) is 0 Å². The maximum Gasteiger partial charge on any atom is 0.335 e. The van der Waals surface area contributed by atoms with Crippen LogP contribution in [0, 0.1) is 0 Å². The van der Waals surface area contributed by atoms with Crippen LogP contribution in [0.3, 0.4) is 0 Å². The maximum absolute atomic E-state index is 11.0. The van der Waals surface area contributed by atoms with Crippen molar-refractivity contribution < 1.29 is 39.1 Å². The third-order valence-corrected chi connectivity index (χ3v) is 3.34. The van der Waals surface area contributed by atoms with E-state index < -0.39 is 36.5 Å². The van der Waals surface area contributed by atoms with E-state index in [9.17, 15) is 14.7 Å². The lowest BCUT2D eigenvalue weighted by atomic mass is 10.0. The minimum Gasteiger partial charge on any atom is -0.479 e. The van der Waals surface area contributed by atoms with Crippen molar-refractivity contribution in [1.29, 1.82) is 0 Å². The van der Waals surface area contributed by atoms with Crippen molar-refractivity contribution in [2.75, 3.05) is 13.7 Å². The largest absolute Gasteiger partial charge is 0.479 e. The Balaban J connectivity index is 2.25. The van der Waals surface area contributed by atoms with E-state index in [-0.39, 0.29) is 0 Å². The number of ether oxygens (including phenoxy) is 3. The molecule has 1 aliphatic rings. The van der Waals surface area contributed by atoms with Crippen molar-refractivity contribution in [3.8, 4) is 0 Å². The van der Waals surface area contributed by atoms with E-state index in [4.69, 9.17) is 24.4 Å². The van der Waals surface area contributed by atoms with Gasteiger partial charge >= 0.3 is 11.9 Å². The summed E-state index contributed by atoms with van der Waals surface area (Å²) in [7, 11) is 1.34. The monoisotopic (exact) mass is 306 g/mol. The standard InChI is InChI=1S/C13H22O8/c1-19-9(12(15)16)4-2-3-7-20-8-5-6-10(14)21-11(8)13(17)18/h8-11,14H,2-7H2,1H3,(H,15,16)(H,17,18)/t8-,9+,10?,11+/m1/s1. The number of unbranched alkanes of at least 4 members (excludes halogenated alkanes) is 1. The fraction of sp³-hybridized carbons (Fsp3) is 0.846. The van der Waals surface area contributed by atoms with Crippen molar-refractivity contribution in [1.82, 2.24) is 0 Å². The van der Waals surface area contributed by atoms with E-state index in [0.717, 1.165) is 0 Å². The number of hydrogen-bond donors (Lipinski definition) is 3. The minimum atomic E-state index is -1.17. The molecule has 3 N–H and O–H groups in total. The second-order valence-corrected chi connectivity index (χ2v) is 4.89. The van der Waals surface area contributed by atoms with Gasteiger partial charge in [-0.15, -0.1) is 0 Å². The molecule has 0 radical (unpaired) electrons. The molecule has 122 valence electrons. The Bertz CT molecular complexity index is 345. The number of hydrogen-bond acceptors (Lipinski definition) is 6. The van der Waals surface area contributed by atoms with E-state index in [1.807, 2.05) is 0 Å². The molecule has 1 aliphatic heterocycles. The minimum absolute atomic E-state index is 0.309. The Hall–Kier alpha value is -1.22. The number of carboxylic acids is 2. The first-order chi connectivity index (χ1) is 9.95. The van der Waals surface area contributed by atoms with Crippen molar-refractivity contribution >= 4 is 11.9 Å². The fourth-order valence-corrected chi connectivity index (χ4v) is 2.18. The van der Waals surface area contributed by atoms with Crippen LogP contribution in [0.2, 0.25) is 0 Å². The molecule has 1 rings (SSSR count). The van der Waals surface area contributed by atoms with Gasteiger partial charge in [-0.3, -0.25) is 0 Å².